The van der Waals surface area contributed by atoms with Gasteiger partial charge in [0, 0.05) is 35.6 Å². The summed E-state index contributed by atoms with van der Waals surface area (Å²) in [6, 6.07) is 7.85. The van der Waals surface area contributed by atoms with Crippen molar-refractivity contribution >= 4 is 16.9 Å². The van der Waals surface area contributed by atoms with Crippen LogP contribution in [0.3, 0.4) is 0 Å². The van der Waals surface area contributed by atoms with Crippen molar-refractivity contribution in [1.82, 2.24) is 9.47 Å². The van der Waals surface area contributed by atoms with Crippen LogP contribution in [-0.4, -0.2) is 40.2 Å². The lowest BCUT2D eigenvalue weighted by atomic mass is 9.79. The molecule has 2 fully saturated rings. The van der Waals surface area contributed by atoms with E-state index in [1.807, 2.05) is 31.3 Å². The second-order valence-corrected chi connectivity index (χ2v) is 6.16. The highest BCUT2D eigenvalue weighted by molar-refractivity contribution is 6.05. The third-order valence-electron chi connectivity index (χ3n) is 5.16. The third-order valence-corrected chi connectivity index (χ3v) is 5.16. The van der Waals surface area contributed by atoms with Crippen LogP contribution in [0.5, 0.6) is 0 Å². The summed E-state index contributed by atoms with van der Waals surface area (Å²) in [6.45, 7) is 3.21. The van der Waals surface area contributed by atoms with E-state index in [1.54, 1.807) is 0 Å². The molecular formula is C16H18N2O2. The minimum atomic E-state index is -0.795. The van der Waals surface area contributed by atoms with E-state index in [0.29, 0.717) is 5.56 Å². The Bertz CT molecular complexity index is 709. The van der Waals surface area contributed by atoms with Gasteiger partial charge < -0.3 is 14.6 Å². The van der Waals surface area contributed by atoms with Gasteiger partial charge in [-0.1, -0.05) is 18.2 Å². The number of benzene rings is 1. The molecule has 2 saturated heterocycles. The van der Waals surface area contributed by atoms with Crippen molar-refractivity contribution in [2.24, 2.45) is 7.05 Å². The first-order valence-electron chi connectivity index (χ1n) is 7.16. The molecule has 1 aromatic carbocycles. The van der Waals surface area contributed by atoms with Crippen LogP contribution in [0.2, 0.25) is 0 Å². The molecule has 4 heteroatoms. The summed E-state index contributed by atoms with van der Waals surface area (Å²) in [5.41, 5.74) is 2.62. The molecule has 0 saturated carbocycles. The van der Waals surface area contributed by atoms with Crippen LogP contribution in [0.15, 0.2) is 24.3 Å². The molecule has 0 aliphatic carbocycles. The Morgan fingerprint density at radius 1 is 1.25 bits per heavy atom. The van der Waals surface area contributed by atoms with Crippen LogP contribution in [0.25, 0.3) is 10.9 Å². The maximum absolute atomic E-state index is 11.9. The molecule has 3 heterocycles. The van der Waals surface area contributed by atoms with Crippen LogP contribution >= 0.6 is 0 Å². The number of nitrogens with zero attached hydrogens (tertiary/aromatic N) is 2. The number of hydrogen-bond donors (Lipinski definition) is 1. The number of carboxylic acids is 1. The highest BCUT2D eigenvalue weighted by Crippen LogP contribution is 2.46. The molecule has 20 heavy (non-hydrogen) atoms. The molecule has 2 bridgehead atoms. The molecule has 0 atom stereocenters. The van der Waals surface area contributed by atoms with Crippen molar-refractivity contribution < 1.29 is 9.90 Å². The Morgan fingerprint density at radius 3 is 2.55 bits per heavy atom. The van der Waals surface area contributed by atoms with Gasteiger partial charge >= 0.3 is 5.97 Å². The third kappa shape index (κ3) is 1.37. The second-order valence-electron chi connectivity index (χ2n) is 6.16. The van der Waals surface area contributed by atoms with Gasteiger partial charge in [0.1, 0.15) is 0 Å². The maximum Gasteiger partial charge on any atom is 0.338 e. The van der Waals surface area contributed by atoms with E-state index < -0.39 is 5.97 Å². The van der Waals surface area contributed by atoms with Gasteiger partial charge in [-0.25, -0.2) is 4.79 Å². The van der Waals surface area contributed by atoms with Gasteiger partial charge in [0.15, 0.2) is 0 Å². The van der Waals surface area contributed by atoms with Gasteiger partial charge in [-0.2, -0.15) is 0 Å². The monoisotopic (exact) mass is 270 g/mol. The number of fused-ring (bicyclic) bond motifs is 3. The number of para-hydroxylation sites is 1. The lowest BCUT2D eigenvalue weighted by Crippen LogP contribution is -2.29. The Balaban J connectivity index is 2.06. The number of hydrogen-bond acceptors (Lipinski definition) is 2. The van der Waals surface area contributed by atoms with Crippen LogP contribution in [0, 0.1) is 0 Å². The zero-order chi connectivity index (χ0) is 13.9. The topological polar surface area (TPSA) is 45.5 Å². The quantitative estimate of drug-likeness (QED) is 0.910. The fourth-order valence-electron chi connectivity index (χ4n) is 4.27. The highest BCUT2D eigenvalue weighted by Gasteiger charge is 2.48. The zero-order valence-corrected chi connectivity index (χ0v) is 11.6. The number of piperidine rings is 1. The average Bonchev–Trinajstić information content (AvgIpc) is 3.11. The van der Waals surface area contributed by atoms with E-state index in [2.05, 4.69) is 9.47 Å². The van der Waals surface area contributed by atoms with Crippen molar-refractivity contribution in [2.45, 2.75) is 18.3 Å². The van der Waals surface area contributed by atoms with Gasteiger partial charge in [0.25, 0.3) is 0 Å². The summed E-state index contributed by atoms with van der Waals surface area (Å²) in [6.07, 6.45) is 2.16. The molecule has 104 valence electrons. The molecule has 0 amide bonds. The summed E-state index contributed by atoms with van der Waals surface area (Å²) in [5, 5.41) is 10.6. The Morgan fingerprint density at radius 2 is 1.95 bits per heavy atom. The minimum absolute atomic E-state index is 0.0431. The first-order chi connectivity index (χ1) is 9.62. The first kappa shape index (κ1) is 12.0. The van der Waals surface area contributed by atoms with Gasteiger partial charge in [-0.15, -0.1) is 0 Å². The van der Waals surface area contributed by atoms with Crippen molar-refractivity contribution in [2.75, 3.05) is 19.6 Å². The smallest absolute Gasteiger partial charge is 0.338 e. The lowest BCUT2D eigenvalue weighted by Gasteiger charge is -2.27. The van der Waals surface area contributed by atoms with Gasteiger partial charge in [-0.3, -0.25) is 0 Å². The second kappa shape index (κ2) is 3.85. The summed E-state index contributed by atoms with van der Waals surface area (Å²) >= 11 is 0. The Kier molecular flexibility index (Phi) is 2.31. The van der Waals surface area contributed by atoms with Crippen molar-refractivity contribution in [1.29, 1.82) is 0 Å². The molecular weight excluding hydrogens is 252 g/mol. The Labute approximate surface area is 117 Å². The molecule has 4 rings (SSSR count). The van der Waals surface area contributed by atoms with E-state index in [1.165, 1.54) is 0 Å². The Hall–Kier alpha value is -1.81. The normalized spacial score (nSPS) is 28.4. The SMILES string of the molecule is Cn1c(C23CCN(CC2)C3)c(C(=O)O)c2ccccc21. The number of rotatable bonds is 2. The summed E-state index contributed by atoms with van der Waals surface area (Å²) in [7, 11) is 2.01. The molecule has 1 aromatic heterocycles. The molecule has 0 spiro atoms. The van der Waals surface area contributed by atoms with Crippen LogP contribution in [0.4, 0.5) is 0 Å². The summed E-state index contributed by atoms with van der Waals surface area (Å²) in [5.74, 6) is -0.795. The first-order valence-corrected chi connectivity index (χ1v) is 7.16. The van der Waals surface area contributed by atoms with Gasteiger partial charge in [-0.05, 0) is 32.0 Å². The predicted molar refractivity (Wildman–Crippen MR) is 77.2 cm³/mol. The van der Waals surface area contributed by atoms with Crippen molar-refractivity contribution in [3.05, 3.63) is 35.5 Å². The minimum Gasteiger partial charge on any atom is -0.478 e. The van der Waals surface area contributed by atoms with Crippen LogP contribution in [0.1, 0.15) is 28.9 Å². The van der Waals surface area contributed by atoms with E-state index in [0.717, 1.165) is 49.1 Å². The zero-order valence-electron chi connectivity index (χ0n) is 11.6. The largest absolute Gasteiger partial charge is 0.478 e. The number of aromatic carboxylic acids is 1. The predicted octanol–water partition coefficient (Wildman–Crippen LogP) is 2.22. The van der Waals surface area contributed by atoms with Gasteiger partial charge in [0.05, 0.1) is 5.56 Å². The number of aryl methyl sites for hydroxylation is 1. The average molecular weight is 270 g/mol. The molecule has 4 nitrogen and oxygen atoms in total. The van der Waals surface area contributed by atoms with Crippen molar-refractivity contribution in [3.63, 3.8) is 0 Å². The van der Waals surface area contributed by atoms with E-state index >= 15 is 0 Å². The van der Waals surface area contributed by atoms with E-state index in [4.69, 9.17) is 0 Å². The standard InChI is InChI=1S/C16H18N2O2/c1-17-12-5-3-2-4-11(12)13(15(19)20)14(17)16-6-8-18(10-16)9-7-16/h2-5H,6-10H2,1H3,(H,19,20). The molecule has 0 radical (unpaired) electrons. The molecule has 0 unspecified atom stereocenters. The summed E-state index contributed by atoms with van der Waals surface area (Å²) in [4.78, 5) is 14.3. The molecule has 2 aromatic rings. The maximum atomic E-state index is 11.9. The fraction of sp³-hybridized carbons (Fsp3) is 0.438. The molecule has 2 aliphatic rings. The summed E-state index contributed by atoms with van der Waals surface area (Å²) < 4.78 is 2.12. The van der Waals surface area contributed by atoms with E-state index in [9.17, 15) is 9.90 Å². The van der Waals surface area contributed by atoms with Crippen LogP contribution < -0.4 is 0 Å². The van der Waals surface area contributed by atoms with Gasteiger partial charge in [0.2, 0.25) is 0 Å². The number of carboxylic acid groups (broad SMARTS) is 1. The highest BCUT2D eigenvalue weighted by atomic mass is 16.4. The van der Waals surface area contributed by atoms with E-state index in [-0.39, 0.29) is 5.41 Å². The number of aromatic nitrogens is 1. The van der Waals surface area contributed by atoms with Crippen molar-refractivity contribution in [3.8, 4) is 0 Å². The molecule has 2 aliphatic heterocycles. The fourth-order valence-corrected chi connectivity index (χ4v) is 4.27. The molecule has 1 N–H and O–H groups in total. The van der Waals surface area contributed by atoms with Crippen LogP contribution in [-0.2, 0) is 12.5 Å². The number of carbonyl (C=O) groups is 1. The lowest BCUT2D eigenvalue weighted by molar-refractivity contribution is 0.0695.